The molecule has 3 heteroatoms. The summed E-state index contributed by atoms with van der Waals surface area (Å²) in [7, 11) is 4.24. The van der Waals surface area contributed by atoms with E-state index in [4.69, 9.17) is 0 Å². The molecule has 0 spiro atoms. The maximum absolute atomic E-state index is 9.75. The van der Waals surface area contributed by atoms with Gasteiger partial charge in [0.1, 0.15) is 0 Å². The van der Waals surface area contributed by atoms with E-state index in [0.29, 0.717) is 5.92 Å². The molecule has 0 radical (unpaired) electrons. The van der Waals surface area contributed by atoms with Crippen molar-refractivity contribution in [1.29, 1.82) is 0 Å². The highest BCUT2D eigenvalue weighted by Gasteiger charge is 2.39. The third-order valence-electron chi connectivity index (χ3n) is 3.73. The normalized spacial score (nSPS) is 38.1. The highest BCUT2D eigenvalue weighted by Crippen LogP contribution is 2.35. The molecule has 3 atom stereocenters. The van der Waals surface area contributed by atoms with Crippen LogP contribution in [0.2, 0.25) is 0 Å². The molecule has 0 aromatic heterocycles. The monoisotopic (exact) mass is 198 g/mol. The highest BCUT2D eigenvalue weighted by molar-refractivity contribution is 4.93. The Bertz CT molecular complexity index is 196. The number of rotatable bonds is 3. The fraction of sp³-hybridized carbons (Fsp3) is 1.00. The molecule has 3 nitrogen and oxygen atoms in total. The molecule has 1 saturated carbocycles. The van der Waals surface area contributed by atoms with E-state index in [9.17, 15) is 5.11 Å². The van der Waals surface area contributed by atoms with Crippen LogP contribution < -0.4 is 0 Å². The number of nitrogens with zero attached hydrogens (tertiary/aromatic N) is 2. The number of likely N-dealkylation sites (tertiary alicyclic amines) is 1. The van der Waals surface area contributed by atoms with Gasteiger partial charge in [0.25, 0.3) is 0 Å². The molecular formula is C11H22N2O. The van der Waals surface area contributed by atoms with Crippen LogP contribution in [0.25, 0.3) is 0 Å². The van der Waals surface area contributed by atoms with Gasteiger partial charge in [-0.25, -0.2) is 0 Å². The summed E-state index contributed by atoms with van der Waals surface area (Å²) in [5.41, 5.74) is 0. The van der Waals surface area contributed by atoms with Crippen molar-refractivity contribution in [3.8, 4) is 0 Å². The lowest BCUT2D eigenvalue weighted by Gasteiger charge is -2.26. The van der Waals surface area contributed by atoms with Crippen LogP contribution in [0.15, 0.2) is 0 Å². The first kappa shape index (κ1) is 10.4. The predicted molar refractivity (Wildman–Crippen MR) is 57.3 cm³/mol. The molecule has 1 N–H and O–H groups in total. The molecule has 0 amide bonds. The van der Waals surface area contributed by atoms with Gasteiger partial charge < -0.3 is 10.0 Å². The van der Waals surface area contributed by atoms with E-state index in [0.717, 1.165) is 25.6 Å². The largest absolute Gasteiger partial charge is 0.393 e. The molecule has 1 saturated heterocycles. The summed E-state index contributed by atoms with van der Waals surface area (Å²) >= 11 is 0. The van der Waals surface area contributed by atoms with Gasteiger partial charge in [-0.15, -0.1) is 0 Å². The Hall–Kier alpha value is -0.120. The van der Waals surface area contributed by atoms with E-state index >= 15 is 0 Å². The molecule has 2 bridgehead atoms. The van der Waals surface area contributed by atoms with E-state index in [1.54, 1.807) is 0 Å². The Balaban J connectivity index is 1.84. The van der Waals surface area contributed by atoms with E-state index in [1.165, 1.54) is 19.4 Å². The third-order valence-corrected chi connectivity index (χ3v) is 3.73. The number of fused-ring (bicyclic) bond motifs is 2. The van der Waals surface area contributed by atoms with Crippen molar-refractivity contribution in [2.24, 2.45) is 5.92 Å². The van der Waals surface area contributed by atoms with Crippen molar-refractivity contribution in [1.82, 2.24) is 9.80 Å². The molecule has 0 aromatic carbocycles. The second-order valence-electron chi connectivity index (χ2n) is 5.09. The van der Waals surface area contributed by atoms with Crippen molar-refractivity contribution in [3.63, 3.8) is 0 Å². The lowest BCUT2D eigenvalue weighted by atomic mass is 9.88. The molecule has 1 heterocycles. The van der Waals surface area contributed by atoms with Crippen LogP contribution in [0.1, 0.15) is 19.3 Å². The quantitative estimate of drug-likeness (QED) is 0.711. The van der Waals surface area contributed by atoms with Gasteiger partial charge >= 0.3 is 0 Å². The number of aliphatic hydroxyl groups is 1. The first-order valence-electron chi connectivity index (χ1n) is 5.73. The molecule has 82 valence electrons. The number of hydrogen-bond acceptors (Lipinski definition) is 3. The van der Waals surface area contributed by atoms with Crippen molar-refractivity contribution < 1.29 is 5.11 Å². The Morgan fingerprint density at radius 1 is 1.36 bits per heavy atom. The minimum atomic E-state index is -0.0180. The smallest absolute Gasteiger partial charge is 0.0581 e. The van der Waals surface area contributed by atoms with Gasteiger partial charge in [0.2, 0.25) is 0 Å². The van der Waals surface area contributed by atoms with Crippen molar-refractivity contribution in [3.05, 3.63) is 0 Å². The fourth-order valence-corrected chi connectivity index (χ4v) is 2.80. The summed E-state index contributed by atoms with van der Waals surface area (Å²) in [6.45, 7) is 3.43. The second kappa shape index (κ2) is 4.17. The van der Waals surface area contributed by atoms with Crippen LogP contribution in [0, 0.1) is 5.92 Å². The SMILES string of the molecule is CN(C)CCN1CC2CC1CCC2O. The Morgan fingerprint density at radius 3 is 2.79 bits per heavy atom. The zero-order valence-corrected chi connectivity index (χ0v) is 9.32. The van der Waals surface area contributed by atoms with E-state index in [1.807, 2.05) is 0 Å². The summed E-state index contributed by atoms with van der Waals surface area (Å²) in [5, 5.41) is 9.75. The summed E-state index contributed by atoms with van der Waals surface area (Å²) < 4.78 is 0. The molecule has 3 unspecified atom stereocenters. The molecular weight excluding hydrogens is 176 g/mol. The standard InChI is InChI=1S/C11H22N2O/c1-12(2)5-6-13-8-9-7-10(13)3-4-11(9)14/h9-11,14H,3-8H2,1-2H3. The van der Waals surface area contributed by atoms with Gasteiger partial charge in [-0.3, -0.25) is 4.90 Å². The van der Waals surface area contributed by atoms with Crippen LogP contribution in [0.5, 0.6) is 0 Å². The maximum Gasteiger partial charge on any atom is 0.0581 e. The summed E-state index contributed by atoms with van der Waals surface area (Å²) in [5.74, 6) is 0.566. The minimum absolute atomic E-state index is 0.0180. The average Bonchev–Trinajstić information content (AvgIpc) is 2.48. The summed E-state index contributed by atoms with van der Waals surface area (Å²) in [6.07, 6.45) is 3.43. The zero-order chi connectivity index (χ0) is 10.1. The van der Waals surface area contributed by atoms with Crippen molar-refractivity contribution in [2.45, 2.75) is 31.4 Å². The van der Waals surface area contributed by atoms with E-state index in [2.05, 4.69) is 23.9 Å². The number of likely N-dealkylation sites (N-methyl/N-ethyl adjacent to an activating group) is 1. The number of aliphatic hydroxyl groups excluding tert-OH is 1. The van der Waals surface area contributed by atoms with Crippen LogP contribution >= 0.6 is 0 Å². The van der Waals surface area contributed by atoms with Crippen LogP contribution in [-0.2, 0) is 0 Å². The van der Waals surface area contributed by atoms with Crippen molar-refractivity contribution in [2.75, 3.05) is 33.7 Å². The topological polar surface area (TPSA) is 26.7 Å². The third kappa shape index (κ3) is 2.10. The van der Waals surface area contributed by atoms with Crippen LogP contribution in [-0.4, -0.2) is 60.8 Å². The van der Waals surface area contributed by atoms with Gasteiger partial charge in [-0.1, -0.05) is 0 Å². The Kier molecular flexibility index (Phi) is 3.10. The summed E-state index contributed by atoms with van der Waals surface area (Å²) in [6, 6.07) is 0.767. The maximum atomic E-state index is 9.75. The molecule has 14 heavy (non-hydrogen) atoms. The lowest BCUT2D eigenvalue weighted by Crippen LogP contribution is -2.35. The van der Waals surface area contributed by atoms with Gasteiger partial charge in [0.05, 0.1) is 6.10 Å². The molecule has 0 aromatic rings. The van der Waals surface area contributed by atoms with Crippen LogP contribution in [0.3, 0.4) is 0 Å². The van der Waals surface area contributed by atoms with E-state index < -0.39 is 0 Å². The molecule has 1 aliphatic heterocycles. The Morgan fingerprint density at radius 2 is 2.14 bits per heavy atom. The first-order chi connectivity index (χ1) is 6.66. The molecule has 2 aliphatic rings. The second-order valence-corrected chi connectivity index (χ2v) is 5.09. The lowest BCUT2D eigenvalue weighted by molar-refractivity contribution is 0.0893. The predicted octanol–water partition coefficient (Wildman–Crippen LogP) is 0.393. The van der Waals surface area contributed by atoms with Gasteiger partial charge in [-0.05, 0) is 39.3 Å². The number of hydrogen-bond donors (Lipinski definition) is 1. The highest BCUT2D eigenvalue weighted by atomic mass is 16.3. The minimum Gasteiger partial charge on any atom is -0.393 e. The van der Waals surface area contributed by atoms with Gasteiger partial charge in [0.15, 0.2) is 0 Å². The summed E-state index contributed by atoms with van der Waals surface area (Å²) in [4.78, 5) is 4.81. The fourth-order valence-electron chi connectivity index (χ4n) is 2.80. The Labute approximate surface area is 86.7 Å². The van der Waals surface area contributed by atoms with Crippen molar-refractivity contribution >= 4 is 0 Å². The van der Waals surface area contributed by atoms with Gasteiger partial charge in [0, 0.05) is 25.7 Å². The van der Waals surface area contributed by atoms with E-state index in [-0.39, 0.29) is 6.10 Å². The molecule has 2 fully saturated rings. The zero-order valence-electron chi connectivity index (χ0n) is 9.32. The average molecular weight is 198 g/mol. The molecule has 2 rings (SSSR count). The molecule has 1 aliphatic carbocycles. The first-order valence-corrected chi connectivity index (χ1v) is 5.73. The van der Waals surface area contributed by atoms with Crippen LogP contribution in [0.4, 0.5) is 0 Å². The van der Waals surface area contributed by atoms with Gasteiger partial charge in [-0.2, -0.15) is 0 Å².